The van der Waals surface area contributed by atoms with E-state index in [1.165, 1.54) is 0 Å². The van der Waals surface area contributed by atoms with E-state index >= 15 is 0 Å². The largest absolute Gasteiger partial charge is 0.504 e. The number of aromatic hydroxyl groups is 2. The Kier molecular flexibility index (Phi) is 1.88. The summed E-state index contributed by atoms with van der Waals surface area (Å²) < 4.78 is 0. The summed E-state index contributed by atoms with van der Waals surface area (Å²) in [5, 5.41) is 20.9. The maximum atomic E-state index is 9.33. The fraction of sp³-hybridized carbons (Fsp3) is 0.400. The predicted octanol–water partition coefficient (Wildman–Crippen LogP) is 0.278. The first-order valence-electron chi connectivity index (χ1n) is 4.56. The van der Waals surface area contributed by atoms with E-state index in [4.69, 9.17) is 0 Å². The molecule has 0 spiro atoms. The molecular formula is C10H14NO2+. The number of quaternary nitrogens is 1. The molecule has 0 aromatic heterocycles. The van der Waals surface area contributed by atoms with Crippen LogP contribution in [0.1, 0.15) is 24.1 Å². The summed E-state index contributed by atoms with van der Waals surface area (Å²) in [7, 11) is 0. The number of phenolic OH excluding ortho intramolecular Hbond substituents is 2. The van der Waals surface area contributed by atoms with Crippen molar-refractivity contribution in [1.29, 1.82) is 0 Å². The number of hydrogen-bond donors (Lipinski definition) is 3. The molecule has 0 saturated heterocycles. The Morgan fingerprint density at radius 2 is 2.00 bits per heavy atom. The van der Waals surface area contributed by atoms with Crippen LogP contribution in [0.4, 0.5) is 0 Å². The number of hydrogen-bond acceptors (Lipinski definition) is 2. The lowest BCUT2D eigenvalue weighted by Gasteiger charge is -2.21. The monoisotopic (exact) mass is 180 g/mol. The fourth-order valence-electron chi connectivity index (χ4n) is 1.89. The molecule has 1 aliphatic heterocycles. The predicted molar refractivity (Wildman–Crippen MR) is 48.7 cm³/mol. The van der Waals surface area contributed by atoms with Gasteiger partial charge in [0.2, 0.25) is 0 Å². The van der Waals surface area contributed by atoms with Gasteiger partial charge in [0.25, 0.3) is 0 Å². The van der Waals surface area contributed by atoms with E-state index < -0.39 is 0 Å². The molecule has 70 valence electrons. The second kappa shape index (κ2) is 2.92. The summed E-state index contributed by atoms with van der Waals surface area (Å²) in [6.45, 7) is 3.16. The zero-order valence-electron chi connectivity index (χ0n) is 7.62. The zero-order chi connectivity index (χ0) is 9.42. The van der Waals surface area contributed by atoms with Gasteiger partial charge in [0, 0.05) is 12.0 Å². The summed E-state index contributed by atoms with van der Waals surface area (Å²) in [6.07, 6.45) is 0.966. The van der Waals surface area contributed by atoms with E-state index in [1.807, 2.05) is 0 Å². The van der Waals surface area contributed by atoms with Crippen molar-refractivity contribution in [3.63, 3.8) is 0 Å². The van der Waals surface area contributed by atoms with Crippen molar-refractivity contribution in [2.45, 2.75) is 19.4 Å². The highest BCUT2D eigenvalue weighted by Crippen LogP contribution is 2.31. The lowest BCUT2D eigenvalue weighted by atomic mass is 9.95. The number of rotatable bonds is 0. The zero-order valence-corrected chi connectivity index (χ0v) is 7.62. The van der Waals surface area contributed by atoms with Crippen LogP contribution < -0.4 is 5.32 Å². The maximum Gasteiger partial charge on any atom is 0.157 e. The Morgan fingerprint density at radius 1 is 1.31 bits per heavy atom. The van der Waals surface area contributed by atoms with E-state index in [-0.39, 0.29) is 11.5 Å². The smallest absolute Gasteiger partial charge is 0.157 e. The molecule has 13 heavy (non-hydrogen) atoms. The summed E-state index contributed by atoms with van der Waals surface area (Å²) >= 11 is 0. The third kappa shape index (κ3) is 1.35. The van der Waals surface area contributed by atoms with Crippen molar-refractivity contribution in [2.24, 2.45) is 0 Å². The molecule has 1 aromatic carbocycles. The van der Waals surface area contributed by atoms with Crippen LogP contribution in [-0.4, -0.2) is 16.8 Å². The van der Waals surface area contributed by atoms with Gasteiger partial charge in [0.15, 0.2) is 11.5 Å². The first kappa shape index (κ1) is 8.38. The quantitative estimate of drug-likeness (QED) is 0.502. The van der Waals surface area contributed by atoms with Gasteiger partial charge in [-0.2, -0.15) is 0 Å². The lowest BCUT2D eigenvalue weighted by molar-refractivity contribution is -0.695. The Hall–Kier alpha value is -1.22. The second-order valence-corrected chi connectivity index (χ2v) is 3.60. The van der Waals surface area contributed by atoms with Crippen LogP contribution >= 0.6 is 0 Å². The number of nitrogens with two attached hydrogens (primary N) is 1. The minimum Gasteiger partial charge on any atom is -0.504 e. The van der Waals surface area contributed by atoms with Crippen LogP contribution in [0.15, 0.2) is 12.1 Å². The molecular weight excluding hydrogens is 166 g/mol. The second-order valence-electron chi connectivity index (χ2n) is 3.60. The van der Waals surface area contributed by atoms with Gasteiger partial charge in [-0.05, 0) is 24.6 Å². The van der Waals surface area contributed by atoms with Gasteiger partial charge >= 0.3 is 0 Å². The van der Waals surface area contributed by atoms with Crippen molar-refractivity contribution in [1.82, 2.24) is 0 Å². The average Bonchev–Trinajstić information content (AvgIpc) is 2.09. The van der Waals surface area contributed by atoms with Gasteiger partial charge in [-0.3, -0.25) is 0 Å². The fourth-order valence-corrected chi connectivity index (χ4v) is 1.89. The van der Waals surface area contributed by atoms with Gasteiger partial charge in [-0.15, -0.1) is 0 Å². The molecule has 0 bridgehead atoms. The molecule has 4 N–H and O–H groups in total. The van der Waals surface area contributed by atoms with Crippen LogP contribution in [-0.2, 0) is 6.42 Å². The molecule has 1 aliphatic rings. The molecule has 0 fully saturated rings. The van der Waals surface area contributed by atoms with Crippen LogP contribution in [0.25, 0.3) is 0 Å². The number of phenols is 2. The SMILES string of the molecule is C[C@@H]1[NH2+]CCc2cc(O)c(O)cc21. The minimum atomic E-state index is -0.0131. The average molecular weight is 180 g/mol. The summed E-state index contributed by atoms with van der Waals surface area (Å²) in [6, 6.07) is 3.73. The minimum absolute atomic E-state index is 0.00662. The van der Waals surface area contributed by atoms with Crippen LogP contribution in [0.5, 0.6) is 11.5 Å². The van der Waals surface area contributed by atoms with E-state index in [1.54, 1.807) is 12.1 Å². The molecule has 1 aromatic rings. The van der Waals surface area contributed by atoms with Crippen LogP contribution in [0.3, 0.4) is 0 Å². The highest BCUT2D eigenvalue weighted by molar-refractivity contribution is 5.46. The number of fused-ring (bicyclic) bond motifs is 1. The van der Waals surface area contributed by atoms with Crippen molar-refractivity contribution in [3.05, 3.63) is 23.3 Å². The van der Waals surface area contributed by atoms with Gasteiger partial charge in [0.1, 0.15) is 6.04 Å². The summed E-state index contributed by atoms with van der Waals surface area (Å²) in [5.74, 6) is -0.0197. The Balaban J connectivity index is 2.52. The third-order valence-electron chi connectivity index (χ3n) is 2.66. The normalized spacial score (nSPS) is 21.2. The first-order valence-corrected chi connectivity index (χ1v) is 4.56. The van der Waals surface area contributed by atoms with Gasteiger partial charge in [-0.1, -0.05) is 0 Å². The molecule has 0 amide bonds. The standard InChI is InChI=1S/C10H13NO2/c1-6-8-5-10(13)9(12)4-7(8)2-3-11-6/h4-6,11-13H,2-3H2,1H3/p+1/t6-/m0/s1. The molecule has 3 nitrogen and oxygen atoms in total. The highest BCUT2D eigenvalue weighted by atomic mass is 16.3. The molecule has 0 unspecified atom stereocenters. The van der Waals surface area contributed by atoms with Gasteiger partial charge in [-0.25, -0.2) is 0 Å². The molecule has 2 rings (SSSR count). The number of benzene rings is 1. The van der Waals surface area contributed by atoms with Gasteiger partial charge < -0.3 is 15.5 Å². The Bertz CT molecular complexity index is 336. The van der Waals surface area contributed by atoms with E-state index in [2.05, 4.69) is 12.2 Å². The molecule has 0 saturated carbocycles. The van der Waals surface area contributed by atoms with Crippen molar-refractivity contribution in [3.8, 4) is 11.5 Å². The van der Waals surface area contributed by atoms with Gasteiger partial charge in [0.05, 0.1) is 6.54 Å². The molecule has 1 heterocycles. The third-order valence-corrected chi connectivity index (χ3v) is 2.66. The Labute approximate surface area is 77.0 Å². The lowest BCUT2D eigenvalue weighted by Crippen LogP contribution is -2.86. The molecule has 0 radical (unpaired) electrons. The van der Waals surface area contributed by atoms with Crippen LogP contribution in [0.2, 0.25) is 0 Å². The summed E-state index contributed by atoms with van der Waals surface area (Å²) in [5.41, 5.74) is 2.30. The topological polar surface area (TPSA) is 57.1 Å². The van der Waals surface area contributed by atoms with Crippen molar-refractivity contribution < 1.29 is 15.5 Å². The first-order chi connectivity index (χ1) is 6.18. The molecule has 1 atom stereocenters. The van der Waals surface area contributed by atoms with Crippen molar-refractivity contribution >= 4 is 0 Å². The Morgan fingerprint density at radius 3 is 2.77 bits per heavy atom. The van der Waals surface area contributed by atoms with E-state index in [9.17, 15) is 10.2 Å². The van der Waals surface area contributed by atoms with Crippen LogP contribution in [0, 0.1) is 0 Å². The molecule has 3 heteroatoms. The van der Waals surface area contributed by atoms with E-state index in [0.717, 1.165) is 24.1 Å². The van der Waals surface area contributed by atoms with Crippen molar-refractivity contribution in [2.75, 3.05) is 6.54 Å². The highest BCUT2D eigenvalue weighted by Gasteiger charge is 2.20. The summed E-state index contributed by atoms with van der Waals surface area (Å²) in [4.78, 5) is 0. The maximum absolute atomic E-state index is 9.33. The van der Waals surface area contributed by atoms with E-state index in [0.29, 0.717) is 6.04 Å². The molecule has 0 aliphatic carbocycles.